The monoisotopic (exact) mass is 380 g/mol. The molecule has 0 saturated carbocycles. The molecule has 27 heavy (non-hydrogen) atoms. The van der Waals surface area contributed by atoms with E-state index in [9.17, 15) is 18.0 Å². The second kappa shape index (κ2) is 10.4. The Labute approximate surface area is 157 Å². The Morgan fingerprint density at radius 3 is 2.59 bits per heavy atom. The van der Waals surface area contributed by atoms with Crippen molar-refractivity contribution in [2.45, 2.75) is 32.5 Å². The largest absolute Gasteiger partial charge is 0.504 e. The molecule has 0 fully saturated rings. The fourth-order valence-corrected chi connectivity index (χ4v) is 2.33. The summed E-state index contributed by atoms with van der Waals surface area (Å²) in [6.07, 6.45) is 4.07. The van der Waals surface area contributed by atoms with Crippen LogP contribution in [-0.4, -0.2) is 25.2 Å². The van der Waals surface area contributed by atoms with Crippen LogP contribution in [-0.2, 0) is 4.74 Å². The van der Waals surface area contributed by atoms with Gasteiger partial charge in [0, 0.05) is 12.5 Å². The van der Waals surface area contributed by atoms with Crippen LogP contribution in [0.3, 0.4) is 0 Å². The average molecular weight is 380 g/mol. The van der Waals surface area contributed by atoms with Crippen molar-refractivity contribution in [2.75, 3.05) is 7.11 Å². The number of ether oxygens (including phenoxy) is 2. The van der Waals surface area contributed by atoms with Crippen LogP contribution in [0.25, 0.3) is 6.08 Å². The highest BCUT2D eigenvalue weighted by molar-refractivity contribution is 6.01. The summed E-state index contributed by atoms with van der Waals surface area (Å²) in [7, 11) is 1.53. The Balaban J connectivity index is 3.23. The van der Waals surface area contributed by atoms with Crippen LogP contribution in [0.4, 0.5) is 13.2 Å². The van der Waals surface area contributed by atoms with E-state index >= 15 is 0 Å². The van der Waals surface area contributed by atoms with E-state index in [-0.39, 0.29) is 24.0 Å². The number of hydrogen-bond acceptors (Lipinski definition) is 3. The van der Waals surface area contributed by atoms with Crippen molar-refractivity contribution in [3.63, 3.8) is 0 Å². The lowest BCUT2D eigenvalue weighted by Crippen LogP contribution is -2.14. The predicted octanol–water partition coefficient (Wildman–Crippen LogP) is 5.81. The first-order valence-corrected chi connectivity index (χ1v) is 8.26. The number of benzene rings is 1. The smallest absolute Gasteiger partial charge is 0.409 e. The molecule has 1 rings (SSSR count). The van der Waals surface area contributed by atoms with Gasteiger partial charge in [-0.05, 0) is 43.2 Å². The number of ketones is 1. The SMILES string of the molecule is C=CCC(=O)c1c(OC(C)/C=C/C(F)(F)F)ccc(/C=C\C=C\OC)c1C. The van der Waals surface area contributed by atoms with Crippen molar-refractivity contribution >= 4 is 11.9 Å². The van der Waals surface area contributed by atoms with Gasteiger partial charge >= 0.3 is 6.18 Å². The first kappa shape index (κ1) is 22.3. The van der Waals surface area contributed by atoms with Gasteiger partial charge in [-0.1, -0.05) is 24.3 Å². The topological polar surface area (TPSA) is 35.5 Å². The van der Waals surface area contributed by atoms with Gasteiger partial charge < -0.3 is 9.47 Å². The molecule has 0 bridgehead atoms. The molecule has 0 aliphatic rings. The minimum atomic E-state index is -4.42. The lowest BCUT2D eigenvalue weighted by Gasteiger charge is -2.17. The van der Waals surface area contributed by atoms with Crippen LogP contribution in [0.1, 0.15) is 34.8 Å². The fourth-order valence-electron chi connectivity index (χ4n) is 2.33. The summed E-state index contributed by atoms with van der Waals surface area (Å²) in [5.41, 5.74) is 1.79. The second-order valence-corrected chi connectivity index (χ2v) is 5.72. The van der Waals surface area contributed by atoms with Crippen molar-refractivity contribution in [1.29, 1.82) is 0 Å². The predicted molar refractivity (Wildman–Crippen MR) is 101 cm³/mol. The van der Waals surface area contributed by atoms with Gasteiger partial charge in [0.2, 0.25) is 0 Å². The Kier molecular flexibility index (Phi) is 8.59. The highest BCUT2D eigenvalue weighted by atomic mass is 19.4. The van der Waals surface area contributed by atoms with E-state index in [2.05, 4.69) is 6.58 Å². The van der Waals surface area contributed by atoms with Crippen molar-refractivity contribution in [3.05, 3.63) is 72.0 Å². The molecule has 1 aromatic carbocycles. The van der Waals surface area contributed by atoms with E-state index in [1.54, 1.807) is 37.3 Å². The third-order valence-electron chi connectivity index (χ3n) is 3.55. The summed E-state index contributed by atoms with van der Waals surface area (Å²) in [6, 6.07) is 3.33. The standard InChI is InChI=1S/C21H23F3O3/c1-5-8-18(25)20-16(3)17(9-6-7-14-26-4)10-11-19(20)27-15(2)12-13-21(22,23)24/h5-7,9-15H,1,8H2,2-4H3/b9-6-,13-12+,14-7+. The maximum absolute atomic E-state index is 12.5. The zero-order valence-corrected chi connectivity index (χ0v) is 15.5. The number of rotatable bonds is 9. The first-order valence-electron chi connectivity index (χ1n) is 8.26. The molecule has 0 aromatic heterocycles. The molecule has 0 radical (unpaired) electrons. The highest BCUT2D eigenvalue weighted by Gasteiger charge is 2.23. The minimum Gasteiger partial charge on any atom is -0.504 e. The molecule has 6 heteroatoms. The van der Waals surface area contributed by atoms with Gasteiger partial charge in [-0.2, -0.15) is 13.2 Å². The average Bonchev–Trinajstić information content (AvgIpc) is 2.58. The molecule has 0 heterocycles. The number of alkyl halides is 3. The zero-order chi connectivity index (χ0) is 20.4. The van der Waals surface area contributed by atoms with Gasteiger partial charge in [-0.3, -0.25) is 4.79 Å². The number of Topliss-reactive ketones (excluding diaryl/α,β-unsaturated/α-hetero) is 1. The summed E-state index contributed by atoms with van der Waals surface area (Å²) in [4.78, 5) is 12.5. The summed E-state index contributed by atoms with van der Waals surface area (Å²) in [6.45, 7) is 6.80. The van der Waals surface area contributed by atoms with Gasteiger partial charge in [-0.25, -0.2) is 0 Å². The number of hydrogen-bond donors (Lipinski definition) is 0. The third-order valence-corrected chi connectivity index (χ3v) is 3.55. The van der Waals surface area contributed by atoms with Crippen molar-refractivity contribution in [3.8, 4) is 5.75 Å². The molecule has 0 spiro atoms. The maximum atomic E-state index is 12.5. The number of carbonyl (C=O) groups excluding carboxylic acids is 1. The van der Waals surface area contributed by atoms with E-state index in [0.29, 0.717) is 11.1 Å². The Hall–Kier alpha value is -2.76. The quantitative estimate of drug-likeness (QED) is 0.235. The molecule has 0 aliphatic carbocycles. The summed E-state index contributed by atoms with van der Waals surface area (Å²) in [5, 5.41) is 0. The van der Waals surface area contributed by atoms with E-state index < -0.39 is 12.3 Å². The molecule has 0 saturated heterocycles. The minimum absolute atomic E-state index is 0.0979. The van der Waals surface area contributed by atoms with E-state index in [1.165, 1.54) is 26.4 Å². The van der Waals surface area contributed by atoms with Gasteiger partial charge in [0.05, 0.1) is 18.9 Å². The molecular weight excluding hydrogens is 357 g/mol. The van der Waals surface area contributed by atoms with Crippen LogP contribution in [0.5, 0.6) is 5.75 Å². The van der Waals surface area contributed by atoms with Crippen molar-refractivity contribution in [2.24, 2.45) is 0 Å². The normalized spacial score (nSPS) is 13.4. The van der Waals surface area contributed by atoms with E-state index in [1.807, 2.05) is 0 Å². The molecule has 3 nitrogen and oxygen atoms in total. The Bertz CT molecular complexity index is 744. The maximum Gasteiger partial charge on any atom is 0.409 e. The van der Waals surface area contributed by atoms with Gasteiger partial charge in [0.1, 0.15) is 11.9 Å². The Morgan fingerprint density at radius 1 is 1.30 bits per heavy atom. The molecule has 0 aliphatic heterocycles. The fraction of sp³-hybridized carbons (Fsp3) is 0.286. The van der Waals surface area contributed by atoms with Crippen molar-refractivity contribution in [1.82, 2.24) is 0 Å². The number of carbonyl (C=O) groups is 1. The number of allylic oxidation sites excluding steroid dienone is 4. The summed E-state index contributed by atoms with van der Waals surface area (Å²) in [5.74, 6) is 0.0236. The molecule has 0 amide bonds. The molecule has 146 valence electrons. The molecule has 1 aromatic rings. The zero-order valence-electron chi connectivity index (χ0n) is 15.5. The van der Waals surface area contributed by atoms with Crippen molar-refractivity contribution < 1.29 is 27.4 Å². The second-order valence-electron chi connectivity index (χ2n) is 5.72. The lowest BCUT2D eigenvalue weighted by molar-refractivity contribution is -0.0804. The van der Waals surface area contributed by atoms with E-state index in [4.69, 9.17) is 9.47 Å². The molecule has 1 atom stereocenters. The van der Waals surface area contributed by atoms with Crippen LogP contribution in [0.2, 0.25) is 0 Å². The number of methoxy groups -OCH3 is 1. The Morgan fingerprint density at radius 2 is 2.00 bits per heavy atom. The lowest BCUT2D eigenvalue weighted by atomic mass is 9.96. The highest BCUT2D eigenvalue weighted by Crippen LogP contribution is 2.29. The summed E-state index contributed by atoms with van der Waals surface area (Å²) < 4.78 is 47.4. The van der Waals surface area contributed by atoms with Gasteiger partial charge in [0.25, 0.3) is 0 Å². The third kappa shape index (κ3) is 7.56. The van der Waals surface area contributed by atoms with Crippen LogP contribution < -0.4 is 4.74 Å². The summed E-state index contributed by atoms with van der Waals surface area (Å²) >= 11 is 0. The van der Waals surface area contributed by atoms with Gasteiger partial charge in [-0.15, -0.1) is 6.58 Å². The first-order chi connectivity index (χ1) is 12.7. The van der Waals surface area contributed by atoms with Crippen LogP contribution in [0, 0.1) is 6.92 Å². The molecular formula is C21H23F3O3. The number of halogens is 3. The molecule has 0 N–H and O–H groups in total. The van der Waals surface area contributed by atoms with Crippen LogP contribution >= 0.6 is 0 Å². The molecule has 1 unspecified atom stereocenters. The van der Waals surface area contributed by atoms with Gasteiger partial charge in [0.15, 0.2) is 5.78 Å². The van der Waals surface area contributed by atoms with E-state index in [0.717, 1.165) is 11.6 Å². The van der Waals surface area contributed by atoms with Crippen LogP contribution in [0.15, 0.2) is 55.4 Å².